The summed E-state index contributed by atoms with van der Waals surface area (Å²) in [6.45, 7) is 2.32. The van der Waals surface area contributed by atoms with Crippen LogP contribution in [0.25, 0.3) is 0 Å². The van der Waals surface area contributed by atoms with Gasteiger partial charge in [-0.25, -0.2) is 4.79 Å². The standard InChI is InChI=1S/C15H20N2O4/c18-15(17-12-4-7-19-8-5-12)16-6-3-11-1-2-13-14(9-11)21-10-20-13/h1-2,9,12H,3-8,10H2,(H2,16,17,18). The second-order valence-corrected chi connectivity index (χ2v) is 5.22. The minimum absolute atomic E-state index is 0.109. The van der Waals surface area contributed by atoms with Gasteiger partial charge in [-0.2, -0.15) is 0 Å². The summed E-state index contributed by atoms with van der Waals surface area (Å²) in [5.74, 6) is 1.56. The molecule has 0 spiro atoms. The Hall–Kier alpha value is -1.95. The SMILES string of the molecule is O=C(NCCc1ccc2c(c1)OCO2)NC1CCOCC1. The first-order valence-electron chi connectivity index (χ1n) is 7.32. The maximum atomic E-state index is 11.8. The van der Waals surface area contributed by atoms with Crippen LogP contribution < -0.4 is 20.1 Å². The average Bonchev–Trinajstić information content (AvgIpc) is 2.96. The lowest BCUT2D eigenvalue weighted by atomic mass is 10.1. The highest BCUT2D eigenvalue weighted by atomic mass is 16.7. The van der Waals surface area contributed by atoms with E-state index in [4.69, 9.17) is 14.2 Å². The van der Waals surface area contributed by atoms with Gasteiger partial charge in [0.25, 0.3) is 0 Å². The fourth-order valence-electron chi connectivity index (χ4n) is 2.50. The number of hydrogen-bond acceptors (Lipinski definition) is 4. The number of urea groups is 1. The molecule has 1 saturated heterocycles. The number of hydrogen-bond donors (Lipinski definition) is 2. The first kappa shape index (κ1) is 14.0. The van der Waals surface area contributed by atoms with E-state index in [0.717, 1.165) is 49.5 Å². The Bertz CT molecular complexity index is 500. The Balaban J connectivity index is 1.40. The second kappa shape index (κ2) is 6.67. The fraction of sp³-hybridized carbons (Fsp3) is 0.533. The van der Waals surface area contributed by atoms with Crippen LogP contribution in [0.5, 0.6) is 11.5 Å². The Morgan fingerprint density at radius 1 is 1.19 bits per heavy atom. The topological polar surface area (TPSA) is 68.8 Å². The van der Waals surface area contributed by atoms with Gasteiger partial charge in [0.15, 0.2) is 11.5 Å². The molecule has 1 aromatic rings. The number of carbonyl (C=O) groups is 1. The number of carbonyl (C=O) groups excluding carboxylic acids is 1. The third-order valence-corrected chi connectivity index (χ3v) is 3.69. The maximum Gasteiger partial charge on any atom is 0.315 e. The largest absolute Gasteiger partial charge is 0.454 e. The lowest BCUT2D eigenvalue weighted by Crippen LogP contribution is -2.44. The van der Waals surface area contributed by atoms with Crippen LogP contribution in [0.1, 0.15) is 18.4 Å². The molecule has 6 heteroatoms. The zero-order valence-corrected chi connectivity index (χ0v) is 11.9. The first-order chi connectivity index (χ1) is 10.3. The van der Waals surface area contributed by atoms with Gasteiger partial charge in [0, 0.05) is 25.8 Å². The maximum absolute atomic E-state index is 11.8. The summed E-state index contributed by atoms with van der Waals surface area (Å²) in [5, 5.41) is 5.86. The van der Waals surface area contributed by atoms with Crippen molar-refractivity contribution in [3.8, 4) is 11.5 Å². The molecule has 0 radical (unpaired) electrons. The van der Waals surface area contributed by atoms with E-state index in [1.807, 2.05) is 18.2 Å². The van der Waals surface area contributed by atoms with Crippen LogP contribution in [-0.2, 0) is 11.2 Å². The normalized spacial score (nSPS) is 17.5. The molecule has 21 heavy (non-hydrogen) atoms. The molecule has 0 aliphatic carbocycles. The van der Waals surface area contributed by atoms with Crippen LogP contribution >= 0.6 is 0 Å². The Morgan fingerprint density at radius 2 is 2.00 bits per heavy atom. The van der Waals surface area contributed by atoms with E-state index in [0.29, 0.717) is 6.54 Å². The highest BCUT2D eigenvalue weighted by Gasteiger charge is 2.16. The lowest BCUT2D eigenvalue weighted by Gasteiger charge is -2.23. The highest BCUT2D eigenvalue weighted by Crippen LogP contribution is 2.32. The van der Waals surface area contributed by atoms with Gasteiger partial charge in [-0.1, -0.05) is 6.07 Å². The number of amides is 2. The average molecular weight is 292 g/mol. The van der Waals surface area contributed by atoms with E-state index in [1.54, 1.807) is 0 Å². The highest BCUT2D eigenvalue weighted by molar-refractivity contribution is 5.74. The van der Waals surface area contributed by atoms with E-state index >= 15 is 0 Å². The van der Waals surface area contributed by atoms with E-state index in [1.165, 1.54) is 0 Å². The summed E-state index contributed by atoms with van der Waals surface area (Å²) in [4.78, 5) is 11.8. The molecular formula is C15H20N2O4. The van der Waals surface area contributed by atoms with Crippen molar-refractivity contribution in [1.82, 2.24) is 10.6 Å². The minimum Gasteiger partial charge on any atom is -0.454 e. The van der Waals surface area contributed by atoms with Gasteiger partial charge in [0.1, 0.15) is 0 Å². The van der Waals surface area contributed by atoms with Crippen molar-refractivity contribution >= 4 is 6.03 Å². The molecule has 3 rings (SSSR count). The van der Waals surface area contributed by atoms with Gasteiger partial charge in [-0.3, -0.25) is 0 Å². The van der Waals surface area contributed by atoms with Crippen LogP contribution in [0.15, 0.2) is 18.2 Å². The number of nitrogens with one attached hydrogen (secondary N) is 2. The zero-order chi connectivity index (χ0) is 14.5. The molecular weight excluding hydrogens is 272 g/mol. The molecule has 2 aliphatic rings. The summed E-state index contributed by atoms with van der Waals surface area (Å²) < 4.78 is 15.9. The third-order valence-electron chi connectivity index (χ3n) is 3.69. The summed E-state index contributed by atoms with van der Waals surface area (Å²) in [6.07, 6.45) is 2.53. The van der Waals surface area contributed by atoms with Gasteiger partial charge in [0.2, 0.25) is 6.79 Å². The predicted molar refractivity (Wildman–Crippen MR) is 76.6 cm³/mol. The van der Waals surface area contributed by atoms with Gasteiger partial charge in [-0.05, 0) is 37.0 Å². The predicted octanol–water partition coefficient (Wildman–Crippen LogP) is 1.44. The summed E-state index contributed by atoms with van der Waals surface area (Å²) in [6, 6.07) is 5.97. The summed E-state index contributed by atoms with van der Waals surface area (Å²) in [5.41, 5.74) is 1.12. The van der Waals surface area contributed by atoms with Crippen LogP contribution in [0, 0.1) is 0 Å². The van der Waals surface area contributed by atoms with Crippen LogP contribution in [0.4, 0.5) is 4.79 Å². The first-order valence-corrected chi connectivity index (χ1v) is 7.32. The Morgan fingerprint density at radius 3 is 2.86 bits per heavy atom. The van der Waals surface area contributed by atoms with Crippen LogP contribution in [-0.4, -0.2) is 38.6 Å². The monoisotopic (exact) mass is 292 g/mol. The van der Waals surface area contributed by atoms with Crippen molar-refractivity contribution in [1.29, 1.82) is 0 Å². The van der Waals surface area contributed by atoms with Crippen LogP contribution in [0.2, 0.25) is 0 Å². The summed E-state index contributed by atoms with van der Waals surface area (Å²) >= 11 is 0. The van der Waals surface area contributed by atoms with Crippen molar-refractivity contribution < 1.29 is 19.0 Å². The van der Waals surface area contributed by atoms with Gasteiger partial charge in [0.05, 0.1) is 0 Å². The number of benzene rings is 1. The number of fused-ring (bicyclic) bond motifs is 1. The zero-order valence-electron chi connectivity index (χ0n) is 11.9. The van der Waals surface area contributed by atoms with Crippen molar-refractivity contribution in [2.24, 2.45) is 0 Å². The molecule has 2 N–H and O–H groups in total. The van der Waals surface area contributed by atoms with E-state index in [-0.39, 0.29) is 18.9 Å². The third kappa shape index (κ3) is 3.78. The molecule has 0 atom stereocenters. The molecule has 1 aromatic carbocycles. The summed E-state index contributed by atoms with van der Waals surface area (Å²) in [7, 11) is 0. The van der Waals surface area contributed by atoms with Gasteiger partial charge >= 0.3 is 6.03 Å². The van der Waals surface area contributed by atoms with Crippen molar-refractivity contribution in [3.05, 3.63) is 23.8 Å². The van der Waals surface area contributed by atoms with Gasteiger partial charge in [-0.15, -0.1) is 0 Å². The molecule has 0 unspecified atom stereocenters. The Labute approximate surface area is 123 Å². The molecule has 2 heterocycles. The molecule has 1 fully saturated rings. The van der Waals surface area contributed by atoms with Crippen molar-refractivity contribution in [2.45, 2.75) is 25.3 Å². The van der Waals surface area contributed by atoms with E-state index in [2.05, 4.69) is 10.6 Å². The number of rotatable bonds is 4. The van der Waals surface area contributed by atoms with Gasteiger partial charge < -0.3 is 24.8 Å². The molecule has 6 nitrogen and oxygen atoms in total. The fourth-order valence-corrected chi connectivity index (χ4v) is 2.50. The molecule has 0 bridgehead atoms. The molecule has 2 aliphatic heterocycles. The smallest absolute Gasteiger partial charge is 0.315 e. The van der Waals surface area contributed by atoms with Crippen molar-refractivity contribution in [2.75, 3.05) is 26.6 Å². The van der Waals surface area contributed by atoms with E-state index < -0.39 is 0 Å². The van der Waals surface area contributed by atoms with Crippen LogP contribution in [0.3, 0.4) is 0 Å². The molecule has 0 aromatic heterocycles. The molecule has 114 valence electrons. The number of ether oxygens (including phenoxy) is 3. The lowest BCUT2D eigenvalue weighted by molar-refractivity contribution is 0.0801. The van der Waals surface area contributed by atoms with Crippen molar-refractivity contribution in [3.63, 3.8) is 0 Å². The minimum atomic E-state index is -0.109. The van der Waals surface area contributed by atoms with E-state index in [9.17, 15) is 4.79 Å². The quantitative estimate of drug-likeness (QED) is 0.881. The second-order valence-electron chi connectivity index (χ2n) is 5.22. The molecule has 2 amide bonds. The molecule has 0 saturated carbocycles. The Kier molecular flexibility index (Phi) is 4.45.